The van der Waals surface area contributed by atoms with Crippen molar-refractivity contribution in [2.75, 3.05) is 0 Å². The van der Waals surface area contributed by atoms with Gasteiger partial charge in [0.1, 0.15) is 5.82 Å². The molecule has 0 aromatic heterocycles. The second-order valence-corrected chi connectivity index (χ2v) is 7.56. The van der Waals surface area contributed by atoms with E-state index in [-0.39, 0.29) is 5.82 Å². The normalized spacial score (nSPS) is 27.8. The van der Waals surface area contributed by atoms with Gasteiger partial charge in [-0.15, -0.1) is 0 Å². The molecule has 3 heteroatoms. The second-order valence-electron chi connectivity index (χ2n) is 6.01. The number of rotatable bonds is 3. The minimum absolute atomic E-state index is 0.300. The number of alkyl halides is 1. The summed E-state index contributed by atoms with van der Waals surface area (Å²) in [6, 6.07) is 5.13. The van der Waals surface area contributed by atoms with Crippen LogP contribution in [0.4, 0.5) is 4.39 Å². The van der Waals surface area contributed by atoms with Crippen LogP contribution in [-0.4, -0.2) is 4.83 Å². The molecule has 2 rings (SSSR count). The van der Waals surface area contributed by atoms with E-state index in [1.54, 1.807) is 6.07 Å². The van der Waals surface area contributed by atoms with E-state index in [9.17, 15) is 4.39 Å². The average molecular weight is 348 g/mol. The van der Waals surface area contributed by atoms with Crippen molar-refractivity contribution in [1.29, 1.82) is 0 Å². The molecule has 19 heavy (non-hydrogen) atoms. The number of halogens is 3. The van der Waals surface area contributed by atoms with Crippen LogP contribution in [0.25, 0.3) is 0 Å². The molecule has 0 saturated heterocycles. The maximum absolute atomic E-state index is 13.5. The van der Waals surface area contributed by atoms with Crippen molar-refractivity contribution in [1.82, 2.24) is 0 Å². The van der Waals surface area contributed by atoms with Crippen molar-refractivity contribution in [3.8, 4) is 0 Å². The molecule has 3 unspecified atom stereocenters. The third-order valence-corrected chi connectivity index (χ3v) is 6.02. The smallest absolute Gasteiger partial charge is 0.142 e. The van der Waals surface area contributed by atoms with Crippen molar-refractivity contribution in [3.05, 3.63) is 34.6 Å². The first-order chi connectivity index (χ1) is 8.99. The summed E-state index contributed by atoms with van der Waals surface area (Å²) in [4.78, 5) is 0.529. The molecule has 1 saturated carbocycles. The fourth-order valence-electron chi connectivity index (χ4n) is 3.07. The lowest BCUT2D eigenvalue weighted by molar-refractivity contribution is 0.222. The van der Waals surface area contributed by atoms with Crippen LogP contribution >= 0.6 is 27.5 Å². The van der Waals surface area contributed by atoms with E-state index in [1.807, 2.05) is 6.07 Å². The van der Waals surface area contributed by atoms with Crippen LogP contribution in [0.1, 0.15) is 38.7 Å². The zero-order chi connectivity index (χ0) is 14.0. The third-order valence-electron chi connectivity index (χ3n) is 4.39. The first-order valence-corrected chi connectivity index (χ1v) is 8.35. The minimum Gasteiger partial charge on any atom is -0.205 e. The molecule has 0 heterocycles. The van der Waals surface area contributed by atoms with E-state index in [4.69, 9.17) is 11.6 Å². The molecule has 1 aromatic carbocycles. The first kappa shape index (κ1) is 15.3. The summed E-state index contributed by atoms with van der Waals surface area (Å²) in [5.74, 6) is 1.76. The Balaban J connectivity index is 2.10. The zero-order valence-electron chi connectivity index (χ0n) is 11.5. The van der Waals surface area contributed by atoms with Gasteiger partial charge in [-0.25, -0.2) is 4.39 Å². The molecule has 0 amide bonds. The van der Waals surface area contributed by atoms with Gasteiger partial charge in [0.15, 0.2) is 0 Å². The molecule has 1 aromatic rings. The Hall–Kier alpha value is -0.0800. The van der Waals surface area contributed by atoms with E-state index < -0.39 is 0 Å². The number of hydrogen-bond acceptors (Lipinski definition) is 0. The van der Waals surface area contributed by atoms with Gasteiger partial charge in [0.05, 0.1) is 5.02 Å². The highest BCUT2D eigenvalue weighted by Gasteiger charge is 2.30. The Kier molecular flexibility index (Phi) is 5.30. The summed E-state index contributed by atoms with van der Waals surface area (Å²) in [6.07, 6.45) is 4.58. The molecule has 0 aliphatic heterocycles. The van der Waals surface area contributed by atoms with Crippen LogP contribution in [0, 0.1) is 23.6 Å². The largest absolute Gasteiger partial charge is 0.205 e. The standard InChI is InChI=1S/C16H21BrClF/c1-10(2)11-6-7-14(17)13(8-11)9-12-4-3-5-15(19)16(12)18/h3-5,10-11,13-14H,6-9H2,1-2H3. The van der Waals surface area contributed by atoms with E-state index in [1.165, 1.54) is 25.3 Å². The highest BCUT2D eigenvalue weighted by molar-refractivity contribution is 9.09. The topological polar surface area (TPSA) is 0 Å². The zero-order valence-corrected chi connectivity index (χ0v) is 13.8. The molecule has 0 N–H and O–H groups in total. The number of benzene rings is 1. The van der Waals surface area contributed by atoms with Gasteiger partial charge in [0.2, 0.25) is 0 Å². The van der Waals surface area contributed by atoms with Crippen LogP contribution in [0.2, 0.25) is 5.02 Å². The third kappa shape index (κ3) is 3.72. The quantitative estimate of drug-likeness (QED) is 0.601. The minimum atomic E-state index is -0.304. The Morgan fingerprint density at radius 1 is 1.37 bits per heavy atom. The summed E-state index contributed by atoms with van der Waals surface area (Å²) in [6.45, 7) is 4.59. The lowest BCUT2D eigenvalue weighted by atomic mass is 9.74. The predicted octanol–water partition coefficient (Wildman–Crippen LogP) is 5.86. The van der Waals surface area contributed by atoms with Crippen molar-refractivity contribution in [2.24, 2.45) is 17.8 Å². The lowest BCUT2D eigenvalue weighted by Gasteiger charge is -2.35. The monoisotopic (exact) mass is 346 g/mol. The van der Waals surface area contributed by atoms with Crippen LogP contribution in [0.3, 0.4) is 0 Å². The van der Waals surface area contributed by atoms with Crippen molar-refractivity contribution < 1.29 is 4.39 Å². The summed E-state index contributed by atoms with van der Waals surface area (Å²) < 4.78 is 13.5. The van der Waals surface area contributed by atoms with Gasteiger partial charge in [0, 0.05) is 4.83 Å². The van der Waals surface area contributed by atoms with Gasteiger partial charge in [-0.2, -0.15) is 0 Å². The highest BCUT2D eigenvalue weighted by Crippen LogP contribution is 2.39. The molecule has 3 atom stereocenters. The maximum Gasteiger partial charge on any atom is 0.142 e. The summed E-state index contributed by atoms with van der Waals surface area (Å²) in [7, 11) is 0. The first-order valence-electron chi connectivity index (χ1n) is 7.06. The van der Waals surface area contributed by atoms with Gasteiger partial charge < -0.3 is 0 Å². The molecule has 0 spiro atoms. The molecule has 106 valence electrons. The Morgan fingerprint density at radius 3 is 2.79 bits per heavy atom. The predicted molar refractivity (Wildman–Crippen MR) is 83.5 cm³/mol. The molecule has 0 radical (unpaired) electrons. The van der Waals surface area contributed by atoms with E-state index >= 15 is 0 Å². The summed E-state index contributed by atoms with van der Waals surface area (Å²) >= 11 is 9.86. The van der Waals surface area contributed by atoms with Gasteiger partial charge >= 0.3 is 0 Å². The SMILES string of the molecule is CC(C)C1CCC(Br)C(Cc2cccc(F)c2Cl)C1. The van der Waals surface area contributed by atoms with Crippen molar-refractivity contribution in [2.45, 2.75) is 44.4 Å². The van der Waals surface area contributed by atoms with Crippen LogP contribution in [0.5, 0.6) is 0 Å². The van der Waals surface area contributed by atoms with E-state index in [2.05, 4.69) is 29.8 Å². The van der Waals surface area contributed by atoms with Crippen LogP contribution in [0.15, 0.2) is 18.2 Å². The highest BCUT2D eigenvalue weighted by atomic mass is 79.9. The van der Waals surface area contributed by atoms with Crippen LogP contribution < -0.4 is 0 Å². The molecular weight excluding hydrogens is 327 g/mol. The second kappa shape index (κ2) is 6.58. The fraction of sp³-hybridized carbons (Fsp3) is 0.625. The summed E-state index contributed by atoms with van der Waals surface area (Å²) in [5, 5.41) is 0.300. The van der Waals surface area contributed by atoms with Crippen molar-refractivity contribution >= 4 is 27.5 Å². The Morgan fingerprint density at radius 2 is 2.11 bits per heavy atom. The lowest BCUT2D eigenvalue weighted by Crippen LogP contribution is -2.29. The molecule has 0 bridgehead atoms. The van der Waals surface area contributed by atoms with E-state index in [0.717, 1.165) is 23.8 Å². The van der Waals surface area contributed by atoms with Gasteiger partial charge in [-0.05, 0) is 55.1 Å². The molecule has 0 nitrogen and oxygen atoms in total. The van der Waals surface area contributed by atoms with Crippen LogP contribution in [-0.2, 0) is 6.42 Å². The van der Waals surface area contributed by atoms with Crippen molar-refractivity contribution in [3.63, 3.8) is 0 Å². The Bertz CT molecular complexity index is 433. The fourth-order valence-corrected chi connectivity index (χ4v) is 3.94. The maximum atomic E-state index is 13.5. The number of hydrogen-bond donors (Lipinski definition) is 0. The Labute approximate surface area is 128 Å². The van der Waals surface area contributed by atoms with Gasteiger partial charge in [-0.1, -0.05) is 53.5 Å². The average Bonchev–Trinajstić information content (AvgIpc) is 2.37. The molecular formula is C16H21BrClF. The van der Waals surface area contributed by atoms with Gasteiger partial charge in [0.25, 0.3) is 0 Å². The molecule has 1 aliphatic carbocycles. The summed E-state index contributed by atoms with van der Waals surface area (Å²) in [5.41, 5.74) is 0.945. The van der Waals surface area contributed by atoms with E-state index in [0.29, 0.717) is 15.8 Å². The molecule has 1 aliphatic rings. The molecule has 1 fully saturated rings. The van der Waals surface area contributed by atoms with Gasteiger partial charge in [-0.3, -0.25) is 0 Å².